The highest BCUT2D eigenvalue weighted by atomic mass is 14.9. The van der Waals surface area contributed by atoms with E-state index in [1.54, 1.807) is 0 Å². The molecule has 0 amide bonds. The number of hydrogen-bond donors (Lipinski definition) is 2. The Hall–Kier alpha value is -1.02. The summed E-state index contributed by atoms with van der Waals surface area (Å²) in [6, 6.07) is 6.66. The second kappa shape index (κ2) is 5.31. The summed E-state index contributed by atoms with van der Waals surface area (Å²) in [5.41, 5.74) is 9.98. The molecule has 0 saturated carbocycles. The van der Waals surface area contributed by atoms with Crippen LogP contribution < -0.4 is 11.1 Å². The lowest BCUT2D eigenvalue weighted by Gasteiger charge is -2.22. The molecule has 0 fully saturated rings. The lowest BCUT2D eigenvalue weighted by molar-refractivity contribution is 0.491. The second-order valence-corrected chi connectivity index (χ2v) is 6.95. The molecule has 18 heavy (non-hydrogen) atoms. The standard InChI is InChI=1S/C16H28N2/c1-12-11-13(15(2,3)4)7-8-14(12)18-10-9-16(5,6)17/h7-8,11,18H,9-10,17H2,1-6H3. The van der Waals surface area contributed by atoms with E-state index in [0.29, 0.717) is 0 Å². The average Bonchev–Trinajstić information content (AvgIpc) is 2.17. The monoisotopic (exact) mass is 248 g/mol. The zero-order chi connectivity index (χ0) is 14.0. The minimum atomic E-state index is -0.105. The third kappa shape index (κ3) is 4.69. The molecule has 0 bridgehead atoms. The van der Waals surface area contributed by atoms with Gasteiger partial charge in [0.15, 0.2) is 0 Å². The van der Waals surface area contributed by atoms with Gasteiger partial charge in [0.2, 0.25) is 0 Å². The Labute approximate surface area is 112 Å². The van der Waals surface area contributed by atoms with Crippen LogP contribution in [0.15, 0.2) is 18.2 Å². The van der Waals surface area contributed by atoms with Crippen LogP contribution in [0.1, 0.15) is 52.2 Å². The molecule has 0 atom stereocenters. The first-order valence-electron chi connectivity index (χ1n) is 6.73. The lowest BCUT2D eigenvalue weighted by Crippen LogP contribution is -2.34. The first-order valence-corrected chi connectivity index (χ1v) is 6.73. The highest BCUT2D eigenvalue weighted by molar-refractivity contribution is 5.53. The molecule has 1 aromatic rings. The van der Waals surface area contributed by atoms with Gasteiger partial charge in [-0.25, -0.2) is 0 Å². The van der Waals surface area contributed by atoms with Gasteiger partial charge in [0.25, 0.3) is 0 Å². The van der Waals surface area contributed by atoms with Gasteiger partial charge in [0.1, 0.15) is 0 Å². The van der Waals surface area contributed by atoms with Gasteiger partial charge < -0.3 is 11.1 Å². The predicted octanol–water partition coefficient (Wildman–Crippen LogP) is 3.83. The van der Waals surface area contributed by atoms with E-state index in [0.717, 1.165) is 13.0 Å². The normalized spacial score (nSPS) is 12.6. The Balaban J connectivity index is 2.69. The molecule has 0 aromatic heterocycles. The minimum absolute atomic E-state index is 0.105. The molecule has 0 unspecified atom stereocenters. The molecule has 0 aliphatic carbocycles. The van der Waals surface area contributed by atoms with E-state index < -0.39 is 0 Å². The molecule has 0 aliphatic heterocycles. The van der Waals surface area contributed by atoms with Gasteiger partial charge in [0.05, 0.1) is 0 Å². The Kier molecular flexibility index (Phi) is 4.44. The largest absolute Gasteiger partial charge is 0.385 e. The molecule has 0 saturated heterocycles. The van der Waals surface area contributed by atoms with E-state index >= 15 is 0 Å². The molecule has 3 N–H and O–H groups in total. The summed E-state index contributed by atoms with van der Waals surface area (Å²) in [6.45, 7) is 13.9. The summed E-state index contributed by atoms with van der Waals surface area (Å²) in [5.74, 6) is 0. The van der Waals surface area contributed by atoms with Crippen molar-refractivity contribution in [2.75, 3.05) is 11.9 Å². The van der Waals surface area contributed by atoms with Crippen LogP contribution in [0.4, 0.5) is 5.69 Å². The summed E-state index contributed by atoms with van der Waals surface area (Å²) < 4.78 is 0. The van der Waals surface area contributed by atoms with Crippen LogP contribution in [0, 0.1) is 6.92 Å². The topological polar surface area (TPSA) is 38.0 Å². The number of benzene rings is 1. The van der Waals surface area contributed by atoms with Crippen molar-refractivity contribution in [3.8, 4) is 0 Å². The molecule has 0 spiro atoms. The van der Waals surface area contributed by atoms with E-state index in [9.17, 15) is 0 Å². The van der Waals surface area contributed by atoms with Gasteiger partial charge in [0, 0.05) is 17.8 Å². The van der Waals surface area contributed by atoms with Crippen LogP contribution in [-0.4, -0.2) is 12.1 Å². The molecule has 0 aliphatic rings. The maximum absolute atomic E-state index is 5.98. The molecular weight excluding hydrogens is 220 g/mol. The van der Waals surface area contributed by atoms with Gasteiger partial charge in [-0.15, -0.1) is 0 Å². The van der Waals surface area contributed by atoms with Gasteiger partial charge in [-0.2, -0.15) is 0 Å². The quantitative estimate of drug-likeness (QED) is 0.850. The summed E-state index contributed by atoms with van der Waals surface area (Å²) in [5, 5.41) is 3.47. The molecule has 0 heterocycles. The maximum atomic E-state index is 5.98. The van der Waals surface area contributed by atoms with Gasteiger partial charge in [-0.05, 0) is 49.8 Å². The molecule has 2 heteroatoms. The van der Waals surface area contributed by atoms with Crippen LogP contribution in [0.25, 0.3) is 0 Å². The number of nitrogens with two attached hydrogens (primary N) is 1. The Bertz CT molecular complexity index is 395. The fourth-order valence-electron chi connectivity index (χ4n) is 1.85. The highest BCUT2D eigenvalue weighted by Crippen LogP contribution is 2.26. The first-order chi connectivity index (χ1) is 8.09. The fraction of sp³-hybridized carbons (Fsp3) is 0.625. The van der Waals surface area contributed by atoms with Crippen LogP contribution in [0.2, 0.25) is 0 Å². The maximum Gasteiger partial charge on any atom is 0.0370 e. The number of hydrogen-bond acceptors (Lipinski definition) is 2. The van der Waals surface area contributed by atoms with Gasteiger partial charge in [-0.3, -0.25) is 0 Å². The van der Waals surface area contributed by atoms with Crippen molar-refractivity contribution in [1.29, 1.82) is 0 Å². The lowest BCUT2D eigenvalue weighted by atomic mass is 9.86. The van der Waals surface area contributed by atoms with Crippen molar-refractivity contribution in [1.82, 2.24) is 0 Å². The smallest absolute Gasteiger partial charge is 0.0370 e. The van der Waals surface area contributed by atoms with Crippen molar-refractivity contribution in [2.24, 2.45) is 5.73 Å². The molecule has 2 nitrogen and oxygen atoms in total. The number of nitrogens with one attached hydrogen (secondary N) is 1. The number of aryl methyl sites for hydroxylation is 1. The third-order valence-corrected chi connectivity index (χ3v) is 3.18. The minimum Gasteiger partial charge on any atom is -0.385 e. The molecule has 1 rings (SSSR count). The van der Waals surface area contributed by atoms with Crippen molar-refractivity contribution >= 4 is 5.69 Å². The molecule has 102 valence electrons. The second-order valence-electron chi connectivity index (χ2n) is 6.95. The van der Waals surface area contributed by atoms with E-state index in [1.807, 2.05) is 0 Å². The zero-order valence-electron chi connectivity index (χ0n) is 12.7. The van der Waals surface area contributed by atoms with Crippen molar-refractivity contribution in [2.45, 2.75) is 58.9 Å². The number of anilines is 1. The molecule has 1 aromatic carbocycles. The van der Waals surface area contributed by atoms with Crippen molar-refractivity contribution in [3.05, 3.63) is 29.3 Å². The SMILES string of the molecule is Cc1cc(C(C)(C)C)ccc1NCCC(C)(C)N. The predicted molar refractivity (Wildman–Crippen MR) is 81.3 cm³/mol. The van der Waals surface area contributed by atoms with Crippen LogP contribution >= 0.6 is 0 Å². The average molecular weight is 248 g/mol. The van der Waals surface area contributed by atoms with E-state index in [4.69, 9.17) is 5.73 Å². The van der Waals surface area contributed by atoms with Crippen molar-refractivity contribution in [3.63, 3.8) is 0 Å². The Morgan fingerprint density at radius 3 is 2.17 bits per heavy atom. The highest BCUT2D eigenvalue weighted by Gasteiger charge is 2.14. The van der Waals surface area contributed by atoms with E-state index in [-0.39, 0.29) is 11.0 Å². The molecular formula is C16H28N2. The Morgan fingerprint density at radius 2 is 1.72 bits per heavy atom. The Morgan fingerprint density at radius 1 is 1.11 bits per heavy atom. The molecule has 0 radical (unpaired) electrons. The summed E-state index contributed by atoms with van der Waals surface area (Å²) >= 11 is 0. The van der Waals surface area contributed by atoms with Gasteiger partial charge >= 0.3 is 0 Å². The van der Waals surface area contributed by atoms with E-state index in [1.165, 1.54) is 16.8 Å². The third-order valence-electron chi connectivity index (χ3n) is 3.18. The van der Waals surface area contributed by atoms with Crippen molar-refractivity contribution < 1.29 is 0 Å². The summed E-state index contributed by atoms with van der Waals surface area (Å²) in [6.07, 6.45) is 0.966. The van der Waals surface area contributed by atoms with Crippen LogP contribution in [-0.2, 0) is 5.41 Å². The summed E-state index contributed by atoms with van der Waals surface area (Å²) in [7, 11) is 0. The zero-order valence-corrected chi connectivity index (χ0v) is 12.7. The summed E-state index contributed by atoms with van der Waals surface area (Å²) in [4.78, 5) is 0. The van der Waals surface area contributed by atoms with E-state index in [2.05, 4.69) is 65.1 Å². The van der Waals surface area contributed by atoms with Crippen LogP contribution in [0.5, 0.6) is 0 Å². The first kappa shape index (κ1) is 15.0. The number of rotatable bonds is 4. The van der Waals surface area contributed by atoms with Crippen LogP contribution in [0.3, 0.4) is 0 Å². The van der Waals surface area contributed by atoms with Gasteiger partial charge in [-0.1, -0.05) is 32.9 Å². The fourth-order valence-corrected chi connectivity index (χ4v) is 1.85.